The van der Waals surface area contributed by atoms with Gasteiger partial charge in [0, 0.05) is 19.8 Å². The van der Waals surface area contributed by atoms with Gasteiger partial charge in [0.15, 0.2) is 0 Å². The van der Waals surface area contributed by atoms with Crippen LogP contribution in [-0.4, -0.2) is 29.0 Å². The Kier molecular flexibility index (Phi) is 4.68. The summed E-state index contributed by atoms with van der Waals surface area (Å²) >= 11 is 0. The number of rotatable bonds is 4. The molecule has 2 aromatic rings. The van der Waals surface area contributed by atoms with Crippen molar-refractivity contribution in [2.45, 2.75) is 13.1 Å². The Morgan fingerprint density at radius 3 is 2.48 bits per heavy atom. The first-order valence-corrected chi connectivity index (χ1v) is 6.91. The lowest BCUT2D eigenvalue weighted by molar-refractivity contribution is -0.385. The van der Waals surface area contributed by atoms with Gasteiger partial charge in [0.1, 0.15) is 5.82 Å². The minimum Gasteiger partial charge on any atom is -0.378 e. The number of aryl methyl sites for hydroxylation is 1. The minimum atomic E-state index is -4.71. The zero-order valence-corrected chi connectivity index (χ0v) is 13.4. The van der Waals surface area contributed by atoms with Crippen LogP contribution in [-0.2, 0) is 6.18 Å². The largest absolute Gasteiger partial charge is 0.418 e. The molecule has 0 radical (unpaired) electrons. The number of nitrogens with zero attached hydrogens (tertiary/aromatic N) is 3. The first-order valence-electron chi connectivity index (χ1n) is 6.91. The van der Waals surface area contributed by atoms with Crippen LogP contribution < -0.4 is 15.8 Å². The molecule has 2 rings (SSSR count). The van der Waals surface area contributed by atoms with Crippen molar-refractivity contribution in [3.8, 4) is 0 Å². The Morgan fingerprint density at radius 1 is 1.32 bits per heavy atom. The first kappa shape index (κ1) is 18.2. The second-order valence-electron chi connectivity index (χ2n) is 5.35. The fourth-order valence-corrected chi connectivity index (χ4v) is 2.12. The molecule has 0 aliphatic rings. The van der Waals surface area contributed by atoms with E-state index in [1.165, 1.54) is 17.9 Å². The van der Waals surface area contributed by atoms with Crippen LogP contribution in [0.1, 0.15) is 11.4 Å². The van der Waals surface area contributed by atoms with Gasteiger partial charge in [-0.3, -0.25) is 14.9 Å². The lowest BCUT2D eigenvalue weighted by Gasteiger charge is -2.19. The molecule has 8 nitrogen and oxygen atoms in total. The van der Waals surface area contributed by atoms with E-state index in [1.807, 2.05) is 0 Å². The predicted octanol–water partition coefficient (Wildman–Crippen LogP) is 2.81. The predicted molar refractivity (Wildman–Crippen MR) is 85.3 cm³/mol. The molecular weight excluding hydrogens is 343 g/mol. The summed E-state index contributed by atoms with van der Waals surface area (Å²) in [7, 11) is 3.16. The molecule has 0 aliphatic heterocycles. The van der Waals surface area contributed by atoms with Crippen molar-refractivity contribution in [2.24, 2.45) is 0 Å². The third-order valence-electron chi connectivity index (χ3n) is 3.27. The highest BCUT2D eigenvalue weighted by atomic mass is 19.4. The molecule has 0 spiro atoms. The summed E-state index contributed by atoms with van der Waals surface area (Å²) in [4.78, 5) is 29.1. The number of benzene rings is 1. The van der Waals surface area contributed by atoms with E-state index in [9.17, 15) is 28.1 Å². The Bertz CT molecular complexity index is 877. The molecule has 0 unspecified atom stereocenters. The van der Waals surface area contributed by atoms with E-state index in [0.717, 1.165) is 12.1 Å². The normalized spacial score (nSPS) is 11.3. The summed E-state index contributed by atoms with van der Waals surface area (Å²) in [6.45, 7) is 1.36. The Labute approximate surface area is 139 Å². The number of hydrogen-bond donors (Lipinski definition) is 2. The quantitative estimate of drug-likeness (QED) is 0.644. The fourth-order valence-electron chi connectivity index (χ4n) is 2.12. The van der Waals surface area contributed by atoms with Crippen LogP contribution in [0.15, 0.2) is 23.0 Å². The molecule has 1 heterocycles. The van der Waals surface area contributed by atoms with E-state index in [1.54, 1.807) is 14.1 Å². The van der Waals surface area contributed by atoms with Crippen molar-refractivity contribution >= 4 is 22.9 Å². The maximum absolute atomic E-state index is 13.3. The van der Waals surface area contributed by atoms with Crippen molar-refractivity contribution in [1.82, 2.24) is 9.97 Å². The standard InChI is InChI=1S/C14H14F3N5O3/c1-7-18-12(11(22(24)25)13(23)19-7)20-10-5-4-8(21(2)3)6-9(10)14(15,16)17/h4-6H,1-3H3,(H2,18,19,20,23). The third kappa shape index (κ3) is 3.87. The van der Waals surface area contributed by atoms with Gasteiger partial charge in [0.2, 0.25) is 5.82 Å². The van der Waals surface area contributed by atoms with Crippen molar-refractivity contribution in [3.63, 3.8) is 0 Å². The summed E-state index contributed by atoms with van der Waals surface area (Å²) < 4.78 is 40.0. The van der Waals surface area contributed by atoms with Crippen molar-refractivity contribution < 1.29 is 18.1 Å². The molecule has 0 saturated heterocycles. The Balaban J connectivity index is 2.62. The molecule has 11 heteroatoms. The molecule has 0 amide bonds. The van der Waals surface area contributed by atoms with Gasteiger partial charge in [-0.25, -0.2) is 4.98 Å². The molecule has 0 aliphatic carbocycles. The molecule has 1 aromatic carbocycles. The number of aromatic amines is 1. The lowest BCUT2D eigenvalue weighted by atomic mass is 10.1. The maximum atomic E-state index is 13.3. The zero-order valence-electron chi connectivity index (χ0n) is 13.4. The van der Waals surface area contributed by atoms with E-state index in [4.69, 9.17) is 0 Å². The molecule has 0 bridgehead atoms. The molecule has 0 fully saturated rings. The topological polar surface area (TPSA) is 104 Å². The van der Waals surface area contributed by atoms with E-state index in [0.29, 0.717) is 5.69 Å². The number of alkyl halides is 3. The van der Waals surface area contributed by atoms with E-state index in [-0.39, 0.29) is 5.82 Å². The van der Waals surface area contributed by atoms with Crippen LogP contribution in [0, 0.1) is 17.0 Å². The molecule has 2 N–H and O–H groups in total. The highest BCUT2D eigenvalue weighted by molar-refractivity contribution is 5.70. The van der Waals surface area contributed by atoms with Crippen molar-refractivity contribution in [3.05, 3.63) is 50.1 Å². The molecule has 134 valence electrons. The maximum Gasteiger partial charge on any atom is 0.418 e. The number of aromatic nitrogens is 2. The van der Waals surface area contributed by atoms with Gasteiger partial charge < -0.3 is 15.2 Å². The molecule has 25 heavy (non-hydrogen) atoms. The number of anilines is 3. The lowest BCUT2D eigenvalue weighted by Crippen LogP contribution is -2.18. The summed E-state index contributed by atoms with van der Waals surface area (Å²) in [6, 6.07) is 3.43. The van der Waals surface area contributed by atoms with Crippen LogP contribution in [0.5, 0.6) is 0 Å². The molecular formula is C14H14F3N5O3. The summed E-state index contributed by atoms with van der Waals surface area (Å²) in [5.74, 6) is -0.536. The number of H-pyrrole nitrogens is 1. The fraction of sp³-hybridized carbons (Fsp3) is 0.286. The summed E-state index contributed by atoms with van der Waals surface area (Å²) in [6.07, 6.45) is -4.71. The average molecular weight is 357 g/mol. The van der Waals surface area contributed by atoms with Crippen molar-refractivity contribution in [2.75, 3.05) is 24.3 Å². The van der Waals surface area contributed by atoms with Crippen LogP contribution in [0.25, 0.3) is 0 Å². The van der Waals surface area contributed by atoms with Crippen LogP contribution in [0.2, 0.25) is 0 Å². The highest BCUT2D eigenvalue weighted by Gasteiger charge is 2.35. The van der Waals surface area contributed by atoms with E-state index in [2.05, 4.69) is 15.3 Å². The van der Waals surface area contributed by atoms with E-state index < -0.39 is 39.4 Å². The van der Waals surface area contributed by atoms with Gasteiger partial charge in [-0.05, 0) is 25.1 Å². The number of hydrogen-bond acceptors (Lipinski definition) is 6. The average Bonchev–Trinajstić information content (AvgIpc) is 2.44. The second kappa shape index (κ2) is 6.42. The molecule has 0 saturated carbocycles. The summed E-state index contributed by atoms with van der Waals surface area (Å²) in [5.41, 5.74) is -3.21. The number of nitrogens with one attached hydrogen (secondary N) is 2. The SMILES string of the molecule is Cc1nc(Nc2ccc(N(C)C)cc2C(F)(F)F)c([N+](=O)[O-])c(=O)[nH]1. The van der Waals surface area contributed by atoms with Crippen LogP contribution >= 0.6 is 0 Å². The monoisotopic (exact) mass is 357 g/mol. The van der Waals surface area contributed by atoms with Gasteiger partial charge in [-0.2, -0.15) is 13.2 Å². The molecule has 1 aromatic heterocycles. The Hall–Kier alpha value is -3.11. The van der Waals surface area contributed by atoms with Gasteiger partial charge in [-0.1, -0.05) is 0 Å². The van der Waals surface area contributed by atoms with Crippen LogP contribution in [0.3, 0.4) is 0 Å². The zero-order chi connectivity index (χ0) is 18.9. The van der Waals surface area contributed by atoms with Gasteiger partial charge in [-0.15, -0.1) is 0 Å². The van der Waals surface area contributed by atoms with E-state index >= 15 is 0 Å². The van der Waals surface area contributed by atoms with Crippen LogP contribution in [0.4, 0.5) is 36.1 Å². The summed E-state index contributed by atoms with van der Waals surface area (Å²) in [5, 5.41) is 13.3. The highest BCUT2D eigenvalue weighted by Crippen LogP contribution is 2.38. The number of nitro groups is 1. The van der Waals surface area contributed by atoms with Gasteiger partial charge in [0.25, 0.3) is 0 Å². The minimum absolute atomic E-state index is 0.0246. The van der Waals surface area contributed by atoms with Gasteiger partial charge in [0.05, 0.1) is 16.2 Å². The second-order valence-corrected chi connectivity index (χ2v) is 5.35. The smallest absolute Gasteiger partial charge is 0.378 e. The first-order chi connectivity index (χ1) is 11.5. The van der Waals surface area contributed by atoms with Crippen molar-refractivity contribution in [1.29, 1.82) is 0 Å². The third-order valence-corrected chi connectivity index (χ3v) is 3.27. The number of halogens is 3. The molecule has 0 atom stereocenters. The Morgan fingerprint density at radius 2 is 1.96 bits per heavy atom. The van der Waals surface area contributed by atoms with Gasteiger partial charge >= 0.3 is 17.4 Å².